The first-order valence-corrected chi connectivity index (χ1v) is 15.0. The molecule has 212 valence electrons. The first kappa shape index (κ1) is 28.6. The van der Waals surface area contributed by atoms with E-state index in [2.05, 4.69) is 45.0 Å². The number of phenols is 1. The summed E-state index contributed by atoms with van der Waals surface area (Å²) >= 11 is 1.59. The average molecular weight is 589 g/mol. The van der Waals surface area contributed by atoms with Gasteiger partial charge in [0.15, 0.2) is 0 Å². The van der Waals surface area contributed by atoms with Gasteiger partial charge in [0.1, 0.15) is 10.8 Å². The van der Waals surface area contributed by atoms with E-state index in [-0.39, 0.29) is 11.2 Å². The van der Waals surface area contributed by atoms with E-state index in [9.17, 15) is 15.6 Å². The molecule has 0 saturated heterocycles. The molecule has 0 aliphatic carbocycles. The molecule has 0 atom stereocenters. The largest absolute Gasteiger partial charge is 0.507 e. The molecule has 1 heterocycles. The highest BCUT2D eigenvalue weighted by molar-refractivity contribution is 7.22. The van der Waals surface area contributed by atoms with E-state index in [1.165, 1.54) is 0 Å². The highest BCUT2D eigenvalue weighted by Gasteiger charge is 2.18. The molecule has 1 N–H and O–H groups in total. The minimum Gasteiger partial charge on any atom is -0.507 e. The Morgan fingerprint density at radius 3 is 2.00 bits per heavy atom. The quantitative estimate of drug-likeness (QED) is 0.203. The lowest BCUT2D eigenvalue weighted by atomic mass is 9.86. The van der Waals surface area contributed by atoms with Crippen molar-refractivity contribution in [3.63, 3.8) is 0 Å². The maximum absolute atomic E-state index is 10.6. The molecule has 0 unspecified atom stereocenters. The van der Waals surface area contributed by atoms with Crippen LogP contribution in [0.5, 0.6) is 5.75 Å². The van der Waals surface area contributed by atoms with Gasteiger partial charge < -0.3 is 5.11 Å². The zero-order chi connectivity index (χ0) is 30.8. The van der Waals surface area contributed by atoms with Crippen LogP contribution in [0.4, 0.5) is 5.69 Å². The van der Waals surface area contributed by atoms with Crippen molar-refractivity contribution in [1.82, 2.24) is 4.98 Å². The van der Waals surface area contributed by atoms with E-state index in [4.69, 9.17) is 9.98 Å². The van der Waals surface area contributed by atoms with Crippen LogP contribution in [0.3, 0.4) is 0 Å². The number of phenolic OH excluding ortho intramolecular Hbond substituents is 1. The van der Waals surface area contributed by atoms with Crippen molar-refractivity contribution in [1.29, 1.82) is 10.5 Å². The van der Waals surface area contributed by atoms with Crippen LogP contribution in [0.25, 0.3) is 43.0 Å². The SMILES string of the molecule is CC(C)(C)c1ccc(O)c(C=Nc2ccccc2-c2nc3c(-c4ccc(C#N)cc4)ccc(-c4ccc(C#N)cc4)c3s2)c1. The molecule has 5 nitrogen and oxygen atoms in total. The molecule has 0 bridgehead atoms. The fraction of sp³-hybridized carbons (Fsp3) is 0.105. The third kappa shape index (κ3) is 5.60. The van der Waals surface area contributed by atoms with E-state index < -0.39 is 0 Å². The van der Waals surface area contributed by atoms with Crippen LogP contribution in [0.2, 0.25) is 0 Å². The second-order valence-electron chi connectivity index (χ2n) is 11.5. The molecule has 0 aliphatic rings. The van der Waals surface area contributed by atoms with Gasteiger partial charge in [-0.1, -0.05) is 75.4 Å². The van der Waals surface area contributed by atoms with Crippen LogP contribution < -0.4 is 0 Å². The van der Waals surface area contributed by atoms with Crippen LogP contribution >= 0.6 is 11.3 Å². The Morgan fingerprint density at radius 1 is 0.750 bits per heavy atom. The standard InChI is InChI=1S/C38H28N4OS/c1-38(2,3)29-16-19-34(43)28(20-29)23-41-33-7-5-4-6-32(33)37-42-35-30(26-12-8-24(21-39)9-13-26)17-18-31(36(35)44-37)27-14-10-25(22-40)11-15-27/h4-20,23,43H,1-3H3. The van der Waals surface area contributed by atoms with Crippen molar-refractivity contribution in [2.45, 2.75) is 26.2 Å². The maximum atomic E-state index is 10.6. The summed E-state index contributed by atoms with van der Waals surface area (Å²) in [4.78, 5) is 10.0. The minimum atomic E-state index is -0.0610. The summed E-state index contributed by atoms with van der Waals surface area (Å²) in [7, 11) is 0. The average Bonchev–Trinajstić information content (AvgIpc) is 3.49. The summed E-state index contributed by atoms with van der Waals surface area (Å²) in [6.07, 6.45) is 1.71. The molecule has 0 amide bonds. The fourth-order valence-corrected chi connectivity index (χ4v) is 6.22. The molecule has 6 heteroatoms. The number of para-hydroxylation sites is 1. The monoisotopic (exact) mass is 588 g/mol. The number of rotatable bonds is 5. The summed E-state index contributed by atoms with van der Waals surface area (Å²) in [5, 5.41) is 30.0. The molecule has 6 rings (SSSR count). The molecular weight excluding hydrogens is 561 g/mol. The van der Waals surface area contributed by atoms with Gasteiger partial charge in [0.25, 0.3) is 0 Å². The summed E-state index contributed by atoms with van der Waals surface area (Å²) in [5.41, 5.74) is 9.35. The van der Waals surface area contributed by atoms with Crippen LogP contribution in [-0.2, 0) is 5.41 Å². The fourth-order valence-electron chi connectivity index (χ4n) is 5.06. The van der Waals surface area contributed by atoms with E-state index >= 15 is 0 Å². The van der Waals surface area contributed by atoms with Crippen LogP contribution in [0.15, 0.2) is 108 Å². The predicted octanol–water partition coefficient (Wildman–Crippen LogP) is 9.79. The topological polar surface area (TPSA) is 93.1 Å². The lowest BCUT2D eigenvalue weighted by Gasteiger charge is -2.19. The zero-order valence-electron chi connectivity index (χ0n) is 24.5. The van der Waals surface area contributed by atoms with Crippen molar-refractivity contribution in [3.8, 4) is 50.7 Å². The number of fused-ring (bicyclic) bond motifs is 1. The molecule has 0 radical (unpaired) electrons. The Kier molecular flexibility index (Phi) is 7.53. The van der Waals surface area contributed by atoms with Gasteiger partial charge in [-0.3, -0.25) is 4.99 Å². The van der Waals surface area contributed by atoms with Gasteiger partial charge in [0, 0.05) is 28.5 Å². The Hall–Kier alpha value is -5.56. The number of hydrogen-bond donors (Lipinski definition) is 1. The molecule has 5 aromatic carbocycles. The van der Waals surface area contributed by atoms with Crippen LogP contribution in [0, 0.1) is 22.7 Å². The maximum Gasteiger partial charge on any atom is 0.126 e. The van der Waals surface area contributed by atoms with Gasteiger partial charge in [-0.15, -0.1) is 11.3 Å². The molecule has 1 aromatic heterocycles. The predicted molar refractivity (Wildman–Crippen MR) is 179 cm³/mol. The van der Waals surface area contributed by atoms with Crippen molar-refractivity contribution in [3.05, 3.63) is 125 Å². The van der Waals surface area contributed by atoms with Gasteiger partial charge in [0.05, 0.1) is 39.2 Å². The van der Waals surface area contributed by atoms with E-state index in [1.807, 2.05) is 84.9 Å². The number of aromatic hydroxyl groups is 1. The number of thiazole rings is 1. The summed E-state index contributed by atoms with van der Waals surface area (Å²) in [5.74, 6) is 0.179. The lowest BCUT2D eigenvalue weighted by molar-refractivity contribution is 0.473. The van der Waals surface area contributed by atoms with Crippen molar-refractivity contribution < 1.29 is 5.11 Å². The van der Waals surface area contributed by atoms with Gasteiger partial charge >= 0.3 is 0 Å². The van der Waals surface area contributed by atoms with Crippen molar-refractivity contribution >= 4 is 33.5 Å². The Morgan fingerprint density at radius 2 is 1.36 bits per heavy atom. The van der Waals surface area contributed by atoms with E-state index in [1.54, 1.807) is 23.6 Å². The van der Waals surface area contributed by atoms with E-state index in [0.717, 1.165) is 54.3 Å². The van der Waals surface area contributed by atoms with Gasteiger partial charge in [-0.05, 0) is 70.6 Å². The normalized spacial score (nSPS) is 11.5. The first-order valence-electron chi connectivity index (χ1n) is 14.2. The highest BCUT2D eigenvalue weighted by atomic mass is 32.1. The third-order valence-corrected chi connectivity index (χ3v) is 8.69. The summed E-state index contributed by atoms with van der Waals surface area (Å²) < 4.78 is 1.01. The molecule has 0 aliphatic heterocycles. The van der Waals surface area contributed by atoms with Crippen LogP contribution in [0.1, 0.15) is 43.0 Å². The lowest BCUT2D eigenvalue weighted by Crippen LogP contribution is -2.11. The smallest absolute Gasteiger partial charge is 0.126 e. The van der Waals surface area contributed by atoms with E-state index in [0.29, 0.717) is 16.7 Å². The number of hydrogen-bond acceptors (Lipinski definition) is 6. The second-order valence-corrected chi connectivity index (χ2v) is 12.5. The number of nitrogens with zero attached hydrogens (tertiary/aromatic N) is 4. The third-order valence-electron chi connectivity index (χ3n) is 7.56. The number of nitriles is 2. The summed E-state index contributed by atoms with van der Waals surface area (Å²) in [6, 6.07) is 37.2. The Labute approximate surface area is 260 Å². The molecule has 0 fully saturated rings. The molecule has 6 aromatic rings. The van der Waals surface area contributed by atoms with Crippen molar-refractivity contribution in [2.75, 3.05) is 0 Å². The van der Waals surface area contributed by atoms with Crippen LogP contribution in [-0.4, -0.2) is 16.3 Å². The minimum absolute atomic E-state index is 0.0610. The molecule has 0 saturated carbocycles. The molecule has 44 heavy (non-hydrogen) atoms. The molecular formula is C38H28N4OS. The number of aliphatic imine (C=N–C) groups is 1. The van der Waals surface area contributed by atoms with Gasteiger partial charge in [0.2, 0.25) is 0 Å². The van der Waals surface area contributed by atoms with Gasteiger partial charge in [-0.25, -0.2) is 4.98 Å². The van der Waals surface area contributed by atoms with Crippen molar-refractivity contribution in [2.24, 2.45) is 4.99 Å². The highest BCUT2D eigenvalue weighted by Crippen LogP contribution is 2.43. The number of benzene rings is 5. The first-order chi connectivity index (χ1) is 21.2. The van der Waals surface area contributed by atoms with Gasteiger partial charge in [-0.2, -0.15) is 10.5 Å². The zero-order valence-corrected chi connectivity index (χ0v) is 25.4. The summed E-state index contributed by atoms with van der Waals surface area (Å²) in [6.45, 7) is 6.42. The Bertz CT molecular complexity index is 2030. The Balaban J connectivity index is 1.50. The molecule has 0 spiro atoms. The second kappa shape index (κ2) is 11.6. The number of aromatic nitrogens is 1.